The molecule has 1 fully saturated rings. The Morgan fingerprint density at radius 2 is 2.50 bits per heavy atom. The van der Waals surface area contributed by atoms with Crippen molar-refractivity contribution in [1.82, 2.24) is 0 Å². The highest BCUT2D eigenvalue weighted by molar-refractivity contribution is 5.51. The zero-order valence-corrected chi connectivity index (χ0v) is 5.36. The van der Waals surface area contributed by atoms with Crippen molar-refractivity contribution in [3.05, 3.63) is 12.2 Å². The first kappa shape index (κ1) is 7.40. The quantitative estimate of drug-likeness (QED) is 0.326. The average molecular weight is 144 g/mol. The summed E-state index contributed by atoms with van der Waals surface area (Å²) in [6.07, 6.45) is 4.02. The molecule has 1 atom stereocenters. The lowest BCUT2D eigenvalue weighted by atomic mass is 10.4. The Balaban J connectivity index is 2.16. The summed E-state index contributed by atoms with van der Waals surface area (Å²) in [5, 5.41) is 0. The number of carbonyl (C=O) groups is 1. The second-order valence-corrected chi connectivity index (χ2v) is 1.70. The van der Waals surface area contributed by atoms with E-state index in [1.165, 1.54) is 0 Å². The minimum atomic E-state index is -0.444. The van der Waals surface area contributed by atoms with Crippen LogP contribution < -0.4 is 0 Å². The van der Waals surface area contributed by atoms with Crippen LogP contribution in [0.3, 0.4) is 0 Å². The van der Waals surface area contributed by atoms with E-state index in [9.17, 15) is 4.79 Å². The van der Waals surface area contributed by atoms with E-state index in [2.05, 4.69) is 9.78 Å². The molecular weight excluding hydrogens is 136 g/mol. The largest absolute Gasteiger partial charge is 0.317 e. The molecule has 0 aromatic heterocycles. The summed E-state index contributed by atoms with van der Waals surface area (Å²) in [6, 6.07) is 0. The van der Waals surface area contributed by atoms with E-state index in [1.807, 2.05) is 0 Å². The maximum atomic E-state index is 9.81. The van der Waals surface area contributed by atoms with Crippen molar-refractivity contribution in [2.45, 2.75) is 12.7 Å². The van der Waals surface area contributed by atoms with Gasteiger partial charge in [0.05, 0.1) is 0 Å². The standard InChI is InChI=1S/C6H8O4/c7-4-2-1-3-6-8-5-9-10-6/h1,3-4,6H,2,5H2/b3-1-. The number of rotatable bonds is 3. The van der Waals surface area contributed by atoms with Crippen LogP contribution in [-0.4, -0.2) is 19.4 Å². The molecular formula is C6H8O4. The predicted molar refractivity (Wildman–Crippen MR) is 31.7 cm³/mol. The van der Waals surface area contributed by atoms with Gasteiger partial charge >= 0.3 is 0 Å². The average Bonchev–Trinajstić information content (AvgIpc) is 2.41. The molecule has 0 aromatic carbocycles. The molecule has 4 nitrogen and oxygen atoms in total. The van der Waals surface area contributed by atoms with E-state index in [4.69, 9.17) is 4.74 Å². The molecule has 0 saturated carbocycles. The third-order valence-electron chi connectivity index (χ3n) is 0.969. The van der Waals surface area contributed by atoms with Crippen LogP contribution in [0.5, 0.6) is 0 Å². The highest BCUT2D eigenvalue weighted by Crippen LogP contribution is 2.05. The Morgan fingerprint density at radius 3 is 3.10 bits per heavy atom. The van der Waals surface area contributed by atoms with E-state index in [0.717, 1.165) is 6.29 Å². The normalized spacial score (nSPS) is 25.8. The number of hydrogen-bond acceptors (Lipinski definition) is 4. The Hall–Kier alpha value is -0.710. The number of allylic oxidation sites excluding steroid dienone is 1. The van der Waals surface area contributed by atoms with Gasteiger partial charge < -0.3 is 9.53 Å². The fourth-order valence-corrected chi connectivity index (χ4v) is 0.550. The highest BCUT2D eigenvalue weighted by atomic mass is 17.3. The molecule has 4 heteroatoms. The third-order valence-corrected chi connectivity index (χ3v) is 0.969. The first-order valence-corrected chi connectivity index (χ1v) is 2.93. The van der Waals surface area contributed by atoms with Crippen molar-refractivity contribution in [1.29, 1.82) is 0 Å². The SMILES string of the molecule is O=CC/C=C\C1OCOO1. The van der Waals surface area contributed by atoms with Gasteiger partial charge in [0.1, 0.15) is 6.29 Å². The van der Waals surface area contributed by atoms with Gasteiger partial charge in [-0.15, -0.1) is 0 Å². The molecule has 1 aliphatic rings. The molecule has 0 N–H and O–H groups in total. The topological polar surface area (TPSA) is 44.8 Å². The fourth-order valence-electron chi connectivity index (χ4n) is 0.550. The summed E-state index contributed by atoms with van der Waals surface area (Å²) in [7, 11) is 0. The third kappa shape index (κ3) is 2.26. The molecule has 1 aliphatic heterocycles. The van der Waals surface area contributed by atoms with Crippen LogP contribution >= 0.6 is 0 Å². The van der Waals surface area contributed by atoms with Crippen molar-refractivity contribution in [2.24, 2.45) is 0 Å². The van der Waals surface area contributed by atoms with E-state index < -0.39 is 6.29 Å². The van der Waals surface area contributed by atoms with Crippen LogP contribution in [0.1, 0.15) is 6.42 Å². The summed E-state index contributed by atoms with van der Waals surface area (Å²) < 4.78 is 4.85. The Bertz CT molecular complexity index is 126. The zero-order chi connectivity index (χ0) is 7.23. The fraction of sp³-hybridized carbons (Fsp3) is 0.500. The molecule has 0 aliphatic carbocycles. The first-order valence-electron chi connectivity index (χ1n) is 2.93. The second-order valence-electron chi connectivity index (χ2n) is 1.70. The maximum Gasteiger partial charge on any atom is 0.212 e. The van der Waals surface area contributed by atoms with Crippen LogP contribution in [0, 0.1) is 0 Å². The molecule has 0 amide bonds. The summed E-state index contributed by atoms with van der Waals surface area (Å²) in [4.78, 5) is 18.8. The number of ether oxygens (including phenoxy) is 1. The van der Waals surface area contributed by atoms with Crippen molar-refractivity contribution >= 4 is 6.29 Å². The van der Waals surface area contributed by atoms with Gasteiger partial charge in [-0.1, -0.05) is 6.08 Å². The molecule has 0 spiro atoms. The lowest BCUT2D eigenvalue weighted by molar-refractivity contribution is -0.266. The second kappa shape index (κ2) is 4.16. The minimum Gasteiger partial charge on any atom is -0.317 e. The van der Waals surface area contributed by atoms with Crippen molar-refractivity contribution < 1.29 is 19.3 Å². The van der Waals surface area contributed by atoms with Gasteiger partial charge in [-0.3, -0.25) is 0 Å². The Labute approximate surface area is 58.3 Å². The summed E-state index contributed by atoms with van der Waals surface area (Å²) >= 11 is 0. The summed E-state index contributed by atoms with van der Waals surface area (Å²) in [6.45, 7) is 0.149. The molecule has 0 bridgehead atoms. The van der Waals surface area contributed by atoms with Crippen LogP contribution in [-0.2, 0) is 19.3 Å². The van der Waals surface area contributed by atoms with Gasteiger partial charge in [0, 0.05) is 6.42 Å². The summed E-state index contributed by atoms with van der Waals surface area (Å²) in [5.74, 6) is 0. The Kier molecular flexibility index (Phi) is 3.08. The molecule has 56 valence electrons. The van der Waals surface area contributed by atoms with E-state index in [1.54, 1.807) is 12.2 Å². The van der Waals surface area contributed by atoms with Gasteiger partial charge in [-0.25, -0.2) is 4.89 Å². The van der Waals surface area contributed by atoms with Gasteiger partial charge in [0.25, 0.3) is 0 Å². The van der Waals surface area contributed by atoms with Gasteiger partial charge in [0.15, 0.2) is 6.79 Å². The smallest absolute Gasteiger partial charge is 0.212 e. The van der Waals surface area contributed by atoms with Crippen molar-refractivity contribution in [2.75, 3.05) is 6.79 Å². The molecule has 1 heterocycles. The van der Waals surface area contributed by atoms with Gasteiger partial charge in [-0.05, 0) is 6.08 Å². The zero-order valence-electron chi connectivity index (χ0n) is 5.36. The predicted octanol–water partition coefficient (Wildman–Crippen LogP) is 0.394. The lowest BCUT2D eigenvalue weighted by Gasteiger charge is -1.95. The number of hydrogen-bond donors (Lipinski definition) is 0. The Morgan fingerprint density at radius 1 is 1.60 bits per heavy atom. The van der Waals surface area contributed by atoms with Crippen molar-refractivity contribution in [3.8, 4) is 0 Å². The monoisotopic (exact) mass is 144 g/mol. The van der Waals surface area contributed by atoms with Crippen LogP contribution in [0.15, 0.2) is 12.2 Å². The summed E-state index contributed by atoms with van der Waals surface area (Å²) in [5.41, 5.74) is 0. The molecule has 0 aromatic rings. The van der Waals surface area contributed by atoms with Gasteiger partial charge in [0.2, 0.25) is 6.29 Å². The molecule has 1 rings (SSSR count). The van der Waals surface area contributed by atoms with E-state index in [-0.39, 0.29) is 6.79 Å². The lowest BCUT2D eigenvalue weighted by Crippen LogP contribution is -2.01. The number of aldehydes is 1. The van der Waals surface area contributed by atoms with Gasteiger partial charge in [-0.2, -0.15) is 4.89 Å². The van der Waals surface area contributed by atoms with Crippen LogP contribution in [0.4, 0.5) is 0 Å². The van der Waals surface area contributed by atoms with Crippen LogP contribution in [0.25, 0.3) is 0 Å². The highest BCUT2D eigenvalue weighted by Gasteiger charge is 2.12. The molecule has 1 unspecified atom stereocenters. The minimum absolute atomic E-state index is 0.149. The van der Waals surface area contributed by atoms with E-state index in [0.29, 0.717) is 6.42 Å². The molecule has 0 radical (unpaired) electrons. The van der Waals surface area contributed by atoms with E-state index >= 15 is 0 Å². The maximum absolute atomic E-state index is 9.81. The molecule has 10 heavy (non-hydrogen) atoms. The molecule has 1 saturated heterocycles. The van der Waals surface area contributed by atoms with Crippen LogP contribution in [0.2, 0.25) is 0 Å². The van der Waals surface area contributed by atoms with Crippen molar-refractivity contribution in [3.63, 3.8) is 0 Å². The number of carbonyl (C=O) groups excluding carboxylic acids is 1. The first-order chi connectivity index (χ1) is 4.93.